The number of carbonyl (C=O) groups is 1. The molecule has 0 radical (unpaired) electrons. The summed E-state index contributed by atoms with van der Waals surface area (Å²) in [6.45, 7) is 1.59. The summed E-state index contributed by atoms with van der Waals surface area (Å²) in [4.78, 5) is 11.0. The molecule has 2 N–H and O–H groups in total. The predicted molar refractivity (Wildman–Crippen MR) is 55.5 cm³/mol. The van der Waals surface area contributed by atoms with Crippen LogP contribution in [0.3, 0.4) is 0 Å². The number of carbonyl (C=O) groups excluding carboxylic acids is 1. The molecule has 1 unspecified atom stereocenters. The Kier molecular flexibility index (Phi) is 9.06. The normalized spacial score (nSPS) is 12.5. The van der Waals surface area contributed by atoms with E-state index in [9.17, 15) is 4.79 Å². The van der Waals surface area contributed by atoms with E-state index in [0.717, 1.165) is 0 Å². The number of hydrogen-bond donors (Lipinski definition) is 2. The molecule has 5 nitrogen and oxygen atoms in total. The lowest BCUT2D eigenvalue weighted by atomic mass is 10.4. The van der Waals surface area contributed by atoms with E-state index in [1.807, 2.05) is 0 Å². The Morgan fingerprint density at radius 3 is 2.57 bits per heavy atom. The first-order valence-corrected chi connectivity index (χ1v) is 4.95. The van der Waals surface area contributed by atoms with Crippen molar-refractivity contribution < 1.29 is 19.0 Å². The molecular formula is C8H17NO4S. The van der Waals surface area contributed by atoms with Gasteiger partial charge >= 0.3 is 5.97 Å². The van der Waals surface area contributed by atoms with E-state index in [1.54, 1.807) is 7.11 Å². The summed E-state index contributed by atoms with van der Waals surface area (Å²) < 4.78 is 14.6. The van der Waals surface area contributed by atoms with Crippen molar-refractivity contribution in [2.75, 3.05) is 39.3 Å². The minimum atomic E-state index is -0.655. The minimum Gasteiger partial charge on any atom is -0.462 e. The lowest BCUT2D eigenvalue weighted by molar-refractivity contribution is -0.146. The predicted octanol–water partition coefficient (Wildman–Crippen LogP) is -0.550. The SMILES string of the molecule is COCCOCCOC(=O)C(N)CS. The molecule has 84 valence electrons. The van der Waals surface area contributed by atoms with Gasteiger partial charge in [0.25, 0.3) is 0 Å². The van der Waals surface area contributed by atoms with Gasteiger partial charge in [-0.25, -0.2) is 0 Å². The Morgan fingerprint density at radius 1 is 1.36 bits per heavy atom. The third-order valence-electron chi connectivity index (χ3n) is 1.40. The smallest absolute Gasteiger partial charge is 0.323 e. The second-order valence-electron chi connectivity index (χ2n) is 2.56. The highest BCUT2D eigenvalue weighted by Crippen LogP contribution is 1.89. The monoisotopic (exact) mass is 223 g/mol. The molecule has 0 rings (SSSR count). The standard InChI is InChI=1S/C8H17NO4S/c1-11-2-3-12-4-5-13-8(10)7(9)6-14/h7,14H,2-6,9H2,1H3. The molecule has 0 aliphatic rings. The molecule has 0 aromatic rings. The topological polar surface area (TPSA) is 70.8 Å². The lowest BCUT2D eigenvalue weighted by Gasteiger charge is -2.08. The zero-order valence-electron chi connectivity index (χ0n) is 8.27. The maximum atomic E-state index is 11.0. The van der Waals surface area contributed by atoms with Gasteiger partial charge in [-0.3, -0.25) is 4.79 Å². The Labute approximate surface area is 89.3 Å². The molecule has 0 aromatic carbocycles. The van der Waals surface area contributed by atoms with Crippen molar-refractivity contribution in [3.8, 4) is 0 Å². The minimum absolute atomic E-state index is 0.212. The summed E-state index contributed by atoms with van der Waals surface area (Å²) >= 11 is 3.87. The highest BCUT2D eigenvalue weighted by Gasteiger charge is 2.11. The van der Waals surface area contributed by atoms with Gasteiger partial charge in [0.05, 0.1) is 19.8 Å². The van der Waals surface area contributed by atoms with Gasteiger partial charge < -0.3 is 19.9 Å². The molecule has 14 heavy (non-hydrogen) atoms. The van der Waals surface area contributed by atoms with Crippen LogP contribution in [0.15, 0.2) is 0 Å². The molecule has 1 atom stereocenters. The first kappa shape index (κ1) is 13.7. The van der Waals surface area contributed by atoms with E-state index in [0.29, 0.717) is 19.8 Å². The van der Waals surface area contributed by atoms with Crippen LogP contribution in [0.4, 0.5) is 0 Å². The molecule has 0 fully saturated rings. The van der Waals surface area contributed by atoms with Crippen LogP contribution in [0.25, 0.3) is 0 Å². The van der Waals surface area contributed by atoms with Crippen molar-refractivity contribution in [1.82, 2.24) is 0 Å². The van der Waals surface area contributed by atoms with Crippen molar-refractivity contribution in [3.63, 3.8) is 0 Å². The molecule has 0 amide bonds. The molecule has 0 heterocycles. The maximum absolute atomic E-state index is 11.0. The van der Waals surface area contributed by atoms with Crippen molar-refractivity contribution in [2.45, 2.75) is 6.04 Å². The average Bonchev–Trinajstić information content (AvgIpc) is 2.21. The van der Waals surface area contributed by atoms with E-state index in [1.165, 1.54) is 0 Å². The molecule has 0 aliphatic carbocycles. The van der Waals surface area contributed by atoms with Crippen LogP contribution in [0.2, 0.25) is 0 Å². The van der Waals surface area contributed by atoms with Gasteiger partial charge in [-0.15, -0.1) is 0 Å². The molecule has 0 aliphatic heterocycles. The summed E-state index contributed by atoms with van der Waals surface area (Å²) in [6.07, 6.45) is 0. The third kappa shape index (κ3) is 7.14. The fourth-order valence-corrected chi connectivity index (χ4v) is 0.776. The number of hydrogen-bond acceptors (Lipinski definition) is 6. The van der Waals surface area contributed by atoms with E-state index in [2.05, 4.69) is 12.6 Å². The second kappa shape index (κ2) is 9.26. The molecule has 6 heteroatoms. The highest BCUT2D eigenvalue weighted by atomic mass is 32.1. The van der Waals surface area contributed by atoms with Gasteiger partial charge in [0, 0.05) is 12.9 Å². The van der Waals surface area contributed by atoms with Crippen molar-refractivity contribution in [2.24, 2.45) is 5.73 Å². The fraction of sp³-hybridized carbons (Fsp3) is 0.875. The number of nitrogens with two attached hydrogens (primary N) is 1. The Morgan fingerprint density at radius 2 is 2.00 bits per heavy atom. The molecule has 0 spiro atoms. The van der Waals surface area contributed by atoms with Crippen molar-refractivity contribution in [1.29, 1.82) is 0 Å². The highest BCUT2D eigenvalue weighted by molar-refractivity contribution is 7.80. The summed E-state index contributed by atoms with van der Waals surface area (Å²) in [5, 5.41) is 0. The summed E-state index contributed by atoms with van der Waals surface area (Å²) in [5.74, 6) is -0.168. The van der Waals surface area contributed by atoms with Crippen molar-refractivity contribution >= 4 is 18.6 Å². The molecular weight excluding hydrogens is 206 g/mol. The number of esters is 1. The summed E-state index contributed by atoms with van der Waals surface area (Å²) in [7, 11) is 1.59. The van der Waals surface area contributed by atoms with Gasteiger partial charge in [0.2, 0.25) is 0 Å². The van der Waals surface area contributed by atoms with E-state index >= 15 is 0 Å². The first-order chi connectivity index (χ1) is 6.72. The Balaban J connectivity index is 3.23. The summed E-state index contributed by atoms with van der Waals surface area (Å²) in [6, 6.07) is -0.655. The van der Waals surface area contributed by atoms with Crippen LogP contribution in [-0.4, -0.2) is 51.3 Å². The largest absolute Gasteiger partial charge is 0.462 e. The summed E-state index contributed by atoms with van der Waals surface area (Å²) in [5.41, 5.74) is 5.37. The van der Waals surface area contributed by atoms with Crippen LogP contribution in [0, 0.1) is 0 Å². The van der Waals surface area contributed by atoms with Crippen LogP contribution >= 0.6 is 12.6 Å². The number of thiol groups is 1. The maximum Gasteiger partial charge on any atom is 0.323 e. The van der Waals surface area contributed by atoms with Gasteiger partial charge in [0.1, 0.15) is 12.6 Å². The van der Waals surface area contributed by atoms with Crippen LogP contribution in [0.5, 0.6) is 0 Å². The van der Waals surface area contributed by atoms with E-state index in [-0.39, 0.29) is 12.4 Å². The molecule has 0 saturated heterocycles. The molecule has 0 saturated carbocycles. The zero-order chi connectivity index (χ0) is 10.8. The van der Waals surface area contributed by atoms with Gasteiger partial charge in [0.15, 0.2) is 0 Å². The Hall–Kier alpha value is -0.300. The second-order valence-corrected chi connectivity index (χ2v) is 2.93. The van der Waals surface area contributed by atoms with Gasteiger partial charge in [-0.05, 0) is 0 Å². The molecule has 0 bridgehead atoms. The Bertz CT molecular complexity index is 156. The number of methoxy groups -OCH3 is 1. The van der Waals surface area contributed by atoms with E-state index in [4.69, 9.17) is 19.9 Å². The lowest BCUT2D eigenvalue weighted by Crippen LogP contribution is -2.34. The number of rotatable bonds is 8. The van der Waals surface area contributed by atoms with Gasteiger partial charge in [-0.2, -0.15) is 12.6 Å². The van der Waals surface area contributed by atoms with Crippen molar-refractivity contribution in [3.05, 3.63) is 0 Å². The average molecular weight is 223 g/mol. The van der Waals surface area contributed by atoms with Crippen LogP contribution in [-0.2, 0) is 19.0 Å². The van der Waals surface area contributed by atoms with Gasteiger partial charge in [-0.1, -0.05) is 0 Å². The zero-order valence-corrected chi connectivity index (χ0v) is 9.16. The quantitative estimate of drug-likeness (QED) is 0.328. The van der Waals surface area contributed by atoms with Crippen LogP contribution in [0.1, 0.15) is 0 Å². The molecule has 0 aromatic heterocycles. The number of ether oxygens (including phenoxy) is 3. The fourth-order valence-electron chi connectivity index (χ4n) is 0.627. The first-order valence-electron chi connectivity index (χ1n) is 4.32. The van der Waals surface area contributed by atoms with Crippen LogP contribution < -0.4 is 5.73 Å². The van der Waals surface area contributed by atoms with E-state index < -0.39 is 12.0 Å². The third-order valence-corrected chi connectivity index (χ3v) is 1.80.